The zero-order valence-electron chi connectivity index (χ0n) is 11.9. The van der Waals surface area contributed by atoms with Crippen molar-refractivity contribution in [2.24, 2.45) is 5.92 Å². The van der Waals surface area contributed by atoms with Gasteiger partial charge in [-0.05, 0) is 44.0 Å². The number of hydrogen-bond donors (Lipinski definition) is 2. The van der Waals surface area contributed by atoms with Crippen LogP contribution in [0.3, 0.4) is 0 Å². The molecule has 0 saturated carbocycles. The number of nitrogens with one attached hydrogen (secondary N) is 2. The van der Waals surface area contributed by atoms with Crippen LogP contribution >= 0.6 is 0 Å². The standard InChI is InChI=1S/C15H20N2O3/c1-10-12(15(19)20-2)6-3-7-13(10)17-14(18)11-5-4-8-16-9-11/h3,6-7,11,16H,4-5,8-9H2,1-2H3,(H,17,18)/t11-/m1/s1. The number of methoxy groups -OCH3 is 1. The SMILES string of the molecule is COC(=O)c1cccc(NC(=O)[C@@H]2CCCNC2)c1C. The number of esters is 1. The van der Waals surface area contributed by atoms with Crippen LogP contribution in [0.25, 0.3) is 0 Å². The molecule has 1 heterocycles. The van der Waals surface area contributed by atoms with Gasteiger partial charge in [-0.25, -0.2) is 4.79 Å². The summed E-state index contributed by atoms with van der Waals surface area (Å²) in [4.78, 5) is 23.8. The maximum Gasteiger partial charge on any atom is 0.338 e. The molecule has 1 aromatic rings. The number of carbonyl (C=O) groups excluding carboxylic acids is 2. The molecule has 1 aliphatic heterocycles. The highest BCUT2D eigenvalue weighted by Gasteiger charge is 2.22. The third kappa shape index (κ3) is 3.17. The van der Waals surface area contributed by atoms with Gasteiger partial charge in [0.05, 0.1) is 18.6 Å². The minimum absolute atomic E-state index is 0.00214. The molecule has 5 nitrogen and oxygen atoms in total. The number of amides is 1. The Morgan fingerprint density at radius 3 is 2.85 bits per heavy atom. The lowest BCUT2D eigenvalue weighted by Gasteiger charge is -2.22. The number of piperidine rings is 1. The van der Waals surface area contributed by atoms with Crippen molar-refractivity contribution in [2.75, 3.05) is 25.5 Å². The van der Waals surface area contributed by atoms with Gasteiger partial charge in [-0.2, -0.15) is 0 Å². The van der Waals surface area contributed by atoms with Crippen LogP contribution in [0, 0.1) is 12.8 Å². The van der Waals surface area contributed by atoms with Crippen molar-refractivity contribution in [3.05, 3.63) is 29.3 Å². The molecule has 20 heavy (non-hydrogen) atoms. The monoisotopic (exact) mass is 276 g/mol. The van der Waals surface area contributed by atoms with Crippen LogP contribution in [0.1, 0.15) is 28.8 Å². The average molecular weight is 276 g/mol. The highest BCUT2D eigenvalue weighted by atomic mass is 16.5. The first-order chi connectivity index (χ1) is 9.63. The van der Waals surface area contributed by atoms with Gasteiger partial charge in [0.25, 0.3) is 0 Å². The van der Waals surface area contributed by atoms with E-state index in [0.717, 1.165) is 24.9 Å². The lowest BCUT2D eigenvalue weighted by atomic mass is 9.98. The molecule has 108 valence electrons. The molecule has 1 amide bonds. The number of benzene rings is 1. The summed E-state index contributed by atoms with van der Waals surface area (Å²) in [5, 5.41) is 6.13. The van der Waals surface area contributed by atoms with Gasteiger partial charge >= 0.3 is 5.97 Å². The summed E-state index contributed by atoms with van der Waals surface area (Å²) < 4.78 is 4.73. The van der Waals surface area contributed by atoms with Crippen molar-refractivity contribution < 1.29 is 14.3 Å². The van der Waals surface area contributed by atoms with Gasteiger partial charge in [-0.1, -0.05) is 6.07 Å². The Labute approximate surface area is 118 Å². The maximum absolute atomic E-state index is 12.2. The van der Waals surface area contributed by atoms with Gasteiger partial charge in [-0.15, -0.1) is 0 Å². The number of hydrogen-bond acceptors (Lipinski definition) is 4. The second-order valence-corrected chi connectivity index (χ2v) is 5.00. The normalized spacial score (nSPS) is 18.4. The summed E-state index contributed by atoms with van der Waals surface area (Å²) >= 11 is 0. The van der Waals surface area contributed by atoms with E-state index in [0.29, 0.717) is 17.8 Å². The summed E-state index contributed by atoms with van der Waals surface area (Å²) in [6.07, 6.45) is 1.91. The maximum atomic E-state index is 12.2. The van der Waals surface area contributed by atoms with E-state index in [1.807, 2.05) is 0 Å². The smallest absolute Gasteiger partial charge is 0.338 e. The Kier molecular flexibility index (Phi) is 4.74. The van der Waals surface area contributed by atoms with Crippen LogP contribution in [0.15, 0.2) is 18.2 Å². The van der Waals surface area contributed by atoms with E-state index in [4.69, 9.17) is 4.74 Å². The molecule has 0 bridgehead atoms. The Morgan fingerprint density at radius 2 is 2.20 bits per heavy atom. The van der Waals surface area contributed by atoms with Crippen molar-refractivity contribution in [1.82, 2.24) is 5.32 Å². The predicted octanol–water partition coefficient (Wildman–Crippen LogP) is 1.72. The van der Waals surface area contributed by atoms with Crippen molar-refractivity contribution >= 4 is 17.6 Å². The second-order valence-electron chi connectivity index (χ2n) is 5.00. The number of rotatable bonds is 3. The number of carbonyl (C=O) groups is 2. The second kappa shape index (κ2) is 6.52. The molecule has 0 radical (unpaired) electrons. The minimum atomic E-state index is -0.391. The highest BCUT2D eigenvalue weighted by Crippen LogP contribution is 2.21. The Balaban J connectivity index is 2.12. The lowest BCUT2D eigenvalue weighted by molar-refractivity contribution is -0.120. The largest absolute Gasteiger partial charge is 0.465 e. The summed E-state index contributed by atoms with van der Waals surface area (Å²) in [6.45, 7) is 3.49. The quantitative estimate of drug-likeness (QED) is 0.825. The lowest BCUT2D eigenvalue weighted by Crippen LogP contribution is -2.37. The fraction of sp³-hybridized carbons (Fsp3) is 0.467. The summed E-state index contributed by atoms with van der Waals surface area (Å²) in [7, 11) is 1.35. The van der Waals surface area contributed by atoms with Crippen molar-refractivity contribution in [3.63, 3.8) is 0 Å². The Morgan fingerprint density at radius 1 is 1.40 bits per heavy atom. The molecule has 2 rings (SSSR count). The fourth-order valence-electron chi connectivity index (χ4n) is 2.41. The van der Waals surface area contributed by atoms with E-state index in [2.05, 4.69) is 10.6 Å². The summed E-state index contributed by atoms with van der Waals surface area (Å²) in [6, 6.07) is 5.24. The van der Waals surface area contributed by atoms with Crippen LogP contribution < -0.4 is 10.6 Å². The molecule has 0 aromatic heterocycles. The third-order valence-electron chi connectivity index (χ3n) is 3.66. The van der Waals surface area contributed by atoms with E-state index in [1.165, 1.54) is 7.11 Å². The van der Waals surface area contributed by atoms with E-state index in [1.54, 1.807) is 25.1 Å². The third-order valence-corrected chi connectivity index (χ3v) is 3.66. The number of anilines is 1. The van der Waals surface area contributed by atoms with E-state index >= 15 is 0 Å². The predicted molar refractivity (Wildman–Crippen MR) is 76.7 cm³/mol. The first kappa shape index (κ1) is 14.5. The van der Waals surface area contributed by atoms with E-state index < -0.39 is 5.97 Å². The first-order valence-corrected chi connectivity index (χ1v) is 6.83. The van der Waals surface area contributed by atoms with Gasteiger partial charge < -0.3 is 15.4 Å². The summed E-state index contributed by atoms with van der Waals surface area (Å²) in [5.74, 6) is -0.398. The van der Waals surface area contributed by atoms with E-state index in [9.17, 15) is 9.59 Å². The number of ether oxygens (including phenoxy) is 1. The van der Waals surface area contributed by atoms with Crippen molar-refractivity contribution in [3.8, 4) is 0 Å². The molecule has 1 atom stereocenters. The molecule has 1 aromatic carbocycles. The molecule has 5 heteroatoms. The van der Waals surface area contributed by atoms with Gasteiger partial charge in [0.2, 0.25) is 5.91 Å². The molecule has 1 saturated heterocycles. The molecule has 0 aliphatic carbocycles. The van der Waals surface area contributed by atoms with Crippen LogP contribution in [-0.2, 0) is 9.53 Å². The molecular weight excluding hydrogens is 256 g/mol. The van der Waals surface area contributed by atoms with E-state index in [-0.39, 0.29) is 11.8 Å². The molecule has 0 spiro atoms. The van der Waals surface area contributed by atoms with Gasteiger partial charge in [-0.3, -0.25) is 4.79 Å². The molecule has 1 aliphatic rings. The first-order valence-electron chi connectivity index (χ1n) is 6.83. The minimum Gasteiger partial charge on any atom is -0.465 e. The van der Waals surface area contributed by atoms with Crippen molar-refractivity contribution in [2.45, 2.75) is 19.8 Å². The van der Waals surface area contributed by atoms with Gasteiger partial charge in [0, 0.05) is 12.2 Å². The Bertz CT molecular complexity index is 508. The van der Waals surface area contributed by atoms with Crippen molar-refractivity contribution in [1.29, 1.82) is 0 Å². The molecule has 0 unspecified atom stereocenters. The van der Waals surface area contributed by atoms with Gasteiger partial charge in [0.15, 0.2) is 0 Å². The molecular formula is C15H20N2O3. The molecule has 1 fully saturated rings. The Hall–Kier alpha value is -1.88. The summed E-state index contributed by atoms with van der Waals surface area (Å²) in [5.41, 5.74) is 1.88. The van der Waals surface area contributed by atoms with Crippen LogP contribution in [-0.4, -0.2) is 32.1 Å². The van der Waals surface area contributed by atoms with Gasteiger partial charge in [0.1, 0.15) is 0 Å². The van der Waals surface area contributed by atoms with Crippen LogP contribution in [0.2, 0.25) is 0 Å². The zero-order chi connectivity index (χ0) is 14.5. The average Bonchev–Trinajstić information content (AvgIpc) is 2.49. The van der Waals surface area contributed by atoms with Crippen LogP contribution in [0.4, 0.5) is 5.69 Å². The fourth-order valence-corrected chi connectivity index (χ4v) is 2.41. The highest BCUT2D eigenvalue weighted by molar-refractivity contribution is 5.97. The zero-order valence-corrected chi connectivity index (χ0v) is 11.9. The topological polar surface area (TPSA) is 67.4 Å². The van der Waals surface area contributed by atoms with Crippen LogP contribution in [0.5, 0.6) is 0 Å². The molecule has 2 N–H and O–H groups in total.